The van der Waals surface area contributed by atoms with Crippen molar-refractivity contribution in [1.82, 2.24) is 4.90 Å². The van der Waals surface area contributed by atoms with Gasteiger partial charge < -0.3 is 10.5 Å². The van der Waals surface area contributed by atoms with Gasteiger partial charge in [0.15, 0.2) is 0 Å². The van der Waals surface area contributed by atoms with Gasteiger partial charge in [-0.1, -0.05) is 0 Å². The summed E-state index contributed by atoms with van der Waals surface area (Å²) >= 11 is 2.10. The van der Waals surface area contributed by atoms with Crippen LogP contribution in [0.25, 0.3) is 0 Å². The van der Waals surface area contributed by atoms with Gasteiger partial charge >= 0.3 is 0 Å². The highest BCUT2D eigenvalue weighted by Gasteiger charge is 2.41. The number of nitrogens with two attached hydrogens (primary N) is 1. The van der Waals surface area contributed by atoms with Gasteiger partial charge in [0.25, 0.3) is 0 Å². The molecule has 0 aromatic rings. The Morgan fingerprint density at radius 3 is 3.06 bits per heavy atom. The molecule has 3 fully saturated rings. The molecule has 0 spiro atoms. The Morgan fingerprint density at radius 2 is 2.29 bits per heavy atom. The molecule has 2 heterocycles. The van der Waals surface area contributed by atoms with Crippen LogP contribution in [0.5, 0.6) is 0 Å². The lowest BCUT2D eigenvalue weighted by atomic mass is 9.94. The highest BCUT2D eigenvalue weighted by atomic mass is 32.2. The fourth-order valence-electron chi connectivity index (χ4n) is 3.82. The molecule has 0 aromatic heterocycles. The normalized spacial score (nSPS) is 40.4. The van der Waals surface area contributed by atoms with Gasteiger partial charge in [-0.05, 0) is 43.1 Å². The minimum absolute atomic E-state index is 0.506. The molecular formula is C13H24N2OS. The number of thioether (sulfide) groups is 1. The van der Waals surface area contributed by atoms with Crippen molar-refractivity contribution in [2.45, 2.75) is 43.9 Å². The van der Waals surface area contributed by atoms with Crippen molar-refractivity contribution in [2.24, 2.45) is 11.7 Å². The minimum Gasteiger partial charge on any atom is -0.375 e. The van der Waals surface area contributed by atoms with Crippen LogP contribution in [0.15, 0.2) is 0 Å². The lowest BCUT2D eigenvalue weighted by Gasteiger charge is -2.44. The van der Waals surface area contributed by atoms with E-state index >= 15 is 0 Å². The minimum atomic E-state index is 0.506. The average molecular weight is 256 g/mol. The predicted octanol–water partition coefficient (Wildman–Crippen LogP) is 1.32. The van der Waals surface area contributed by atoms with Crippen LogP contribution in [-0.4, -0.2) is 54.3 Å². The Bertz CT molecular complexity index is 258. The molecule has 98 valence electrons. The lowest BCUT2D eigenvalue weighted by molar-refractivity contribution is -0.0773. The van der Waals surface area contributed by atoms with Gasteiger partial charge in [-0.15, -0.1) is 0 Å². The summed E-state index contributed by atoms with van der Waals surface area (Å²) in [5, 5.41) is 0. The van der Waals surface area contributed by atoms with E-state index in [9.17, 15) is 0 Å². The number of morpholine rings is 1. The fraction of sp³-hybridized carbons (Fsp3) is 1.00. The molecule has 2 N–H and O–H groups in total. The van der Waals surface area contributed by atoms with Crippen molar-refractivity contribution in [3.05, 3.63) is 0 Å². The van der Waals surface area contributed by atoms with E-state index in [1.54, 1.807) is 0 Å². The molecule has 0 bridgehead atoms. The molecule has 4 heteroatoms. The molecular weight excluding hydrogens is 232 g/mol. The van der Waals surface area contributed by atoms with Gasteiger partial charge in [-0.25, -0.2) is 0 Å². The van der Waals surface area contributed by atoms with Crippen LogP contribution in [0.2, 0.25) is 0 Å². The Kier molecular flexibility index (Phi) is 3.95. The second-order valence-corrected chi connectivity index (χ2v) is 6.72. The molecule has 0 amide bonds. The zero-order valence-corrected chi connectivity index (χ0v) is 11.3. The van der Waals surface area contributed by atoms with E-state index in [1.165, 1.54) is 37.2 Å². The molecule has 2 aliphatic heterocycles. The molecule has 1 aliphatic carbocycles. The van der Waals surface area contributed by atoms with Gasteiger partial charge in [-0.2, -0.15) is 11.8 Å². The maximum Gasteiger partial charge on any atom is 0.0731 e. The summed E-state index contributed by atoms with van der Waals surface area (Å²) in [4.78, 5) is 2.71. The van der Waals surface area contributed by atoms with Gasteiger partial charge in [0.1, 0.15) is 0 Å². The zero-order chi connectivity index (χ0) is 11.7. The van der Waals surface area contributed by atoms with E-state index in [0.29, 0.717) is 18.2 Å². The smallest absolute Gasteiger partial charge is 0.0731 e. The predicted molar refractivity (Wildman–Crippen MR) is 72.4 cm³/mol. The second kappa shape index (κ2) is 5.47. The molecule has 0 aromatic carbocycles. The maximum atomic E-state index is 6.07. The first-order chi connectivity index (χ1) is 8.40. The van der Waals surface area contributed by atoms with Gasteiger partial charge in [-0.3, -0.25) is 4.90 Å². The third-order valence-corrected chi connectivity index (χ3v) is 5.89. The highest BCUT2D eigenvalue weighted by molar-refractivity contribution is 7.99. The Hall–Kier alpha value is 0.230. The summed E-state index contributed by atoms with van der Waals surface area (Å²) in [5.74, 6) is 3.47. The summed E-state index contributed by atoms with van der Waals surface area (Å²) in [6.45, 7) is 2.84. The first kappa shape index (κ1) is 12.3. The van der Waals surface area contributed by atoms with E-state index in [4.69, 9.17) is 10.5 Å². The number of nitrogens with zero attached hydrogens (tertiary/aromatic N) is 1. The van der Waals surface area contributed by atoms with E-state index in [-0.39, 0.29) is 0 Å². The fourth-order valence-corrected chi connectivity index (χ4v) is 5.15. The number of hydrogen-bond donors (Lipinski definition) is 1. The van der Waals surface area contributed by atoms with E-state index < -0.39 is 0 Å². The third kappa shape index (κ3) is 2.37. The van der Waals surface area contributed by atoms with E-state index in [1.807, 2.05) is 0 Å². The van der Waals surface area contributed by atoms with Crippen LogP contribution in [0.1, 0.15) is 25.7 Å². The quantitative estimate of drug-likeness (QED) is 0.826. The van der Waals surface area contributed by atoms with Crippen molar-refractivity contribution in [2.75, 3.05) is 31.2 Å². The third-order valence-electron chi connectivity index (χ3n) is 4.70. The molecule has 3 aliphatic rings. The van der Waals surface area contributed by atoms with Crippen molar-refractivity contribution < 1.29 is 4.74 Å². The first-order valence-corrected chi connectivity index (χ1v) is 8.21. The number of rotatable bonds is 3. The van der Waals surface area contributed by atoms with Crippen LogP contribution in [0, 0.1) is 5.92 Å². The van der Waals surface area contributed by atoms with Crippen molar-refractivity contribution in [3.8, 4) is 0 Å². The number of fused-ring (bicyclic) bond motifs is 1. The van der Waals surface area contributed by atoms with Crippen molar-refractivity contribution in [1.29, 1.82) is 0 Å². The molecule has 2 saturated heterocycles. The van der Waals surface area contributed by atoms with Crippen LogP contribution < -0.4 is 5.73 Å². The average Bonchev–Trinajstić information content (AvgIpc) is 3.00. The van der Waals surface area contributed by atoms with Crippen molar-refractivity contribution in [3.63, 3.8) is 0 Å². The first-order valence-electron chi connectivity index (χ1n) is 7.05. The summed E-state index contributed by atoms with van der Waals surface area (Å²) in [6.07, 6.45) is 5.79. The van der Waals surface area contributed by atoms with Crippen LogP contribution in [-0.2, 0) is 4.74 Å². The molecule has 4 atom stereocenters. The van der Waals surface area contributed by atoms with Crippen LogP contribution in [0.4, 0.5) is 0 Å². The number of hydrogen-bond acceptors (Lipinski definition) is 4. The molecule has 3 nitrogen and oxygen atoms in total. The van der Waals surface area contributed by atoms with Gasteiger partial charge in [0, 0.05) is 25.2 Å². The molecule has 3 rings (SSSR count). The van der Waals surface area contributed by atoms with Gasteiger partial charge in [0.05, 0.1) is 12.7 Å². The van der Waals surface area contributed by atoms with E-state index in [0.717, 1.165) is 25.6 Å². The Morgan fingerprint density at radius 1 is 1.35 bits per heavy atom. The summed E-state index contributed by atoms with van der Waals surface area (Å²) in [7, 11) is 0. The zero-order valence-electron chi connectivity index (χ0n) is 10.5. The number of ether oxygens (including phenoxy) is 1. The lowest BCUT2D eigenvalue weighted by Crippen LogP contribution is -2.57. The SMILES string of the molecule is NCC(C1CCSC1)N1CCOC2CCCC21. The standard InChI is InChI=1S/C13H24N2OS/c14-8-12(10-4-7-17-9-10)15-5-6-16-13-3-1-2-11(13)15/h10-13H,1-9,14H2. The highest BCUT2D eigenvalue weighted by Crippen LogP contribution is 2.35. The van der Waals surface area contributed by atoms with Crippen molar-refractivity contribution >= 4 is 11.8 Å². The van der Waals surface area contributed by atoms with Crippen LogP contribution >= 0.6 is 11.8 Å². The van der Waals surface area contributed by atoms with Crippen LogP contribution in [0.3, 0.4) is 0 Å². The Balaban J connectivity index is 1.71. The molecule has 0 radical (unpaired) electrons. The Labute approximate surface area is 108 Å². The molecule has 4 unspecified atom stereocenters. The summed E-state index contributed by atoms with van der Waals surface area (Å²) < 4.78 is 5.90. The topological polar surface area (TPSA) is 38.5 Å². The second-order valence-electron chi connectivity index (χ2n) is 5.57. The summed E-state index contributed by atoms with van der Waals surface area (Å²) in [6, 6.07) is 1.28. The monoisotopic (exact) mass is 256 g/mol. The van der Waals surface area contributed by atoms with Gasteiger partial charge in [0.2, 0.25) is 0 Å². The largest absolute Gasteiger partial charge is 0.375 e. The summed E-state index contributed by atoms with van der Waals surface area (Å²) in [5.41, 5.74) is 6.07. The van der Waals surface area contributed by atoms with E-state index in [2.05, 4.69) is 16.7 Å². The maximum absolute atomic E-state index is 6.07. The molecule has 1 saturated carbocycles. The molecule has 17 heavy (non-hydrogen) atoms.